The molecule has 0 saturated heterocycles. The third kappa shape index (κ3) is 18.4. The van der Waals surface area contributed by atoms with Gasteiger partial charge in [0.2, 0.25) is 0 Å². The summed E-state index contributed by atoms with van der Waals surface area (Å²) < 4.78 is 48.2. The van der Waals surface area contributed by atoms with Gasteiger partial charge in [-0.15, -0.1) is 0 Å². The zero-order valence-corrected chi connectivity index (χ0v) is 34.1. The smallest absolute Gasteiger partial charge is 0.459 e. The van der Waals surface area contributed by atoms with E-state index in [1.54, 1.807) is 79.5 Å². The summed E-state index contributed by atoms with van der Waals surface area (Å²) in [6.07, 6.45) is -1.30. The second-order valence-corrected chi connectivity index (χ2v) is 16.3. The molecule has 0 aromatic heterocycles. The average molecular weight is 857 g/mol. The van der Waals surface area contributed by atoms with Crippen molar-refractivity contribution in [1.82, 2.24) is 0 Å². The van der Waals surface area contributed by atoms with Crippen LogP contribution in [-0.4, -0.2) is 82.5 Å². The second-order valence-electron chi connectivity index (χ2n) is 11.7. The van der Waals surface area contributed by atoms with Gasteiger partial charge in [0, 0.05) is 34.3 Å². The monoisotopic (exact) mass is 856 g/mol. The van der Waals surface area contributed by atoms with E-state index in [1.807, 2.05) is 0 Å². The molecule has 0 aliphatic heterocycles. The van der Waals surface area contributed by atoms with Crippen LogP contribution < -0.4 is 29.2 Å². The molecule has 18 nitrogen and oxygen atoms in total. The Morgan fingerprint density at radius 2 is 0.864 bits per heavy atom. The maximum absolute atomic E-state index is 12.2. The summed E-state index contributed by atoms with van der Waals surface area (Å²) in [5.41, 5.74) is 1.61. The molecular weight excluding hydrogens is 813 g/mol. The van der Waals surface area contributed by atoms with Crippen molar-refractivity contribution in [3.63, 3.8) is 0 Å². The van der Waals surface area contributed by atoms with E-state index in [-0.39, 0.29) is 50.8 Å². The Hall–Kier alpha value is -6.72. The predicted molar refractivity (Wildman–Crippen MR) is 219 cm³/mol. The number of hydrogen-bond acceptors (Lipinski definition) is 16. The third-order valence-corrected chi connectivity index (χ3v) is 9.74. The maximum Gasteiger partial charge on any atom is 0.459 e. The first kappa shape index (κ1) is 46.7. The number of esters is 3. The van der Waals surface area contributed by atoms with Gasteiger partial charge in [-0.2, -0.15) is 0 Å². The zero-order chi connectivity index (χ0) is 43.2. The van der Waals surface area contributed by atoms with Crippen LogP contribution in [0.3, 0.4) is 0 Å². The molecule has 0 aliphatic carbocycles. The molecule has 0 atom stereocenters. The summed E-state index contributed by atoms with van der Waals surface area (Å²) in [5, 5.41) is 7.67. The molecule has 3 aromatic carbocycles. The van der Waals surface area contributed by atoms with Crippen molar-refractivity contribution in [1.29, 1.82) is 0 Å². The molecule has 0 saturated carbocycles. The lowest BCUT2D eigenvalue weighted by Gasteiger charge is -2.19. The van der Waals surface area contributed by atoms with Gasteiger partial charge in [-0.3, -0.25) is 25.0 Å². The van der Waals surface area contributed by atoms with E-state index in [2.05, 4.69) is 35.7 Å². The molecule has 3 aromatic rings. The largest absolute Gasteiger partial charge is 0.459 e. The van der Waals surface area contributed by atoms with Gasteiger partial charge in [-0.05, 0) is 86.6 Å². The Balaban J connectivity index is 1.63. The molecule has 0 spiro atoms. The minimum absolute atomic E-state index is 0.130. The van der Waals surface area contributed by atoms with Crippen LogP contribution in [0.4, 0.5) is 31.4 Å². The fourth-order valence-electron chi connectivity index (χ4n) is 3.92. The van der Waals surface area contributed by atoms with Crippen molar-refractivity contribution < 1.29 is 70.4 Å². The van der Waals surface area contributed by atoms with Crippen LogP contribution in [0.5, 0.6) is 17.2 Å². The fraction of sp³-hybridized carbons (Fsp3) is 0.231. The summed E-state index contributed by atoms with van der Waals surface area (Å²) in [7, 11) is 0. The van der Waals surface area contributed by atoms with E-state index in [9.17, 15) is 28.8 Å². The van der Waals surface area contributed by atoms with Crippen molar-refractivity contribution in [2.24, 2.45) is 0 Å². The highest BCUT2D eigenvalue weighted by atomic mass is 32.7. The van der Waals surface area contributed by atoms with Crippen molar-refractivity contribution in [2.75, 3.05) is 62.3 Å². The highest BCUT2D eigenvalue weighted by molar-refractivity contribution is 8.57. The molecule has 0 fully saturated rings. The Morgan fingerprint density at radius 3 is 1.20 bits per heavy atom. The second kappa shape index (κ2) is 24.1. The Bertz CT molecular complexity index is 1870. The molecular formula is C39H43N3O15PS+. The average Bonchev–Trinajstić information content (AvgIpc) is 3.20. The van der Waals surface area contributed by atoms with Crippen LogP contribution in [-0.2, 0) is 42.8 Å². The molecule has 59 heavy (non-hydrogen) atoms. The van der Waals surface area contributed by atoms with Crippen LogP contribution >= 0.6 is 18.6 Å². The van der Waals surface area contributed by atoms with Crippen molar-refractivity contribution in [3.8, 4) is 17.2 Å². The number of benzene rings is 3. The van der Waals surface area contributed by atoms with Crippen LogP contribution in [0.15, 0.2) is 110 Å². The quantitative estimate of drug-likeness (QED) is 0.0218. The lowest BCUT2D eigenvalue weighted by molar-refractivity contribution is -0.140. The van der Waals surface area contributed by atoms with E-state index >= 15 is 0 Å². The molecule has 0 heterocycles. The number of hydrogen-bond donors (Lipinski definition) is 3. The lowest BCUT2D eigenvalue weighted by atomic mass is 10.3. The summed E-state index contributed by atoms with van der Waals surface area (Å²) in [4.78, 5) is 70.6. The highest BCUT2D eigenvalue weighted by Gasteiger charge is 2.45. The van der Waals surface area contributed by atoms with E-state index in [4.69, 9.17) is 41.7 Å². The number of nitrogens with one attached hydrogen (secondary N) is 3. The van der Waals surface area contributed by atoms with Crippen LogP contribution in [0.1, 0.15) is 13.8 Å². The van der Waals surface area contributed by atoms with E-state index in [0.717, 1.165) is 17.7 Å². The van der Waals surface area contributed by atoms with Gasteiger partial charge in [-0.1, -0.05) is 19.7 Å². The van der Waals surface area contributed by atoms with Gasteiger partial charge < -0.3 is 32.6 Å². The summed E-state index contributed by atoms with van der Waals surface area (Å²) in [6, 6.07) is 19.0. The Labute approximate surface area is 344 Å². The normalized spacial score (nSPS) is 10.4. The van der Waals surface area contributed by atoms with Gasteiger partial charge in [0.1, 0.15) is 52.1 Å². The Morgan fingerprint density at radius 1 is 0.542 bits per heavy atom. The molecule has 20 heteroatoms. The molecule has 0 bridgehead atoms. The first-order chi connectivity index (χ1) is 28.1. The molecule has 3 amide bonds. The molecule has 3 rings (SSSR count). The molecule has 3 N–H and O–H groups in total. The maximum atomic E-state index is 12.2. The van der Waals surface area contributed by atoms with E-state index in [0.29, 0.717) is 34.3 Å². The fourth-order valence-corrected chi connectivity index (χ4v) is 6.72. The van der Waals surface area contributed by atoms with Gasteiger partial charge >= 0.3 is 54.8 Å². The van der Waals surface area contributed by atoms with Crippen molar-refractivity contribution in [3.05, 3.63) is 110 Å². The minimum Gasteiger partial charge on any atom is -0.459 e. The van der Waals surface area contributed by atoms with Crippen molar-refractivity contribution in [2.45, 2.75) is 13.8 Å². The van der Waals surface area contributed by atoms with E-state index in [1.165, 1.54) is 13.8 Å². The number of carbonyl (C=O) groups is 6. The molecule has 314 valence electrons. The summed E-state index contributed by atoms with van der Waals surface area (Å²) in [5.74, 6) is -0.728. The number of rotatable bonds is 22. The zero-order valence-electron chi connectivity index (χ0n) is 32.3. The summed E-state index contributed by atoms with van der Waals surface area (Å²) >= 11 is 0.908. The first-order valence-corrected chi connectivity index (χ1v) is 20.7. The topological polar surface area (TPSA) is 222 Å². The van der Waals surface area contributed by atoms with Crippen LogP contribution in [0, 0.1) is 0 Å². The van der Waals surface area contributed by atoms with E-state index < -0.39 is 43.1 Å². The van der Waals surface area contributed by atoms with Crippen LogP contribution in [0.25, 0.3) is 0 Å². The minimum atomic E-state index is -3.05. The predicted octanol–water partition coefficient (Wildman–Crippen LogP) is 7.88. The SMILES string of the molecule is C=CC(=O)OCCOC(=O)Nc1ccc(OS[P+](C)(Oc2ccc(NC(=O)OCCOC(=O)C(=C)C)cc2)Oc2ccc(NC(=O)OCCOC(=O)C(=C)C)cc2)cc1. The first-order valence-electron chi connectivity index (χ1n) is 17.3. The highest BCUT2D eigenvalue weighted by Crippen LogP contribution is 2.67. The van der Waals surface area contributed by atoms with Gasteiger partial charge in [0.15, 0.2) is 11.5 Å². The number of carbonyl (C=O) groups excluding carboxylic acids is 6. The molecule has 0 radical (unpaired) electrons. The standard InChI is InChI=1S/C39H42N3O15PS/c1-7-34(43)49-20-23-52-37(46)42-30-12-18-33(19-13-30)57-59-58(6,55-31-14-8-28(9-15-31)40-38(47)53-24-21-50-35(44)26(2)3)56-32-16-10-29(11-17-32)41-39(48)54-25-22-51-36(45)27(4)5/h7-19H,1-2,4,20-25H2,3,5-6H3,(H2-,40,41,42,46,47,48)/p+1. The van der Waals surface area contributed by atoms with Crippen LogP contribution in [0.2, 0.25) is 0 Å². The number of ether oxygens (including phenoxy) is 6. The van der Waals surface area contributed by atoms with Gasteiger partial charge in [0.05, 0.1) is 0 Å². The van der Waals surface area contributed by atoms with Gasteiger partial charge in [-0.25, -0.2) is 28.8 Å². The third-order valence-electron chi connectivity index (χ3n) is 6.64. The molecule has 0 aliphatic rings. The number of amides is 3. The summed E-state index contributed by atoms with van der Waals surface area (Å²) in [6.45, 7) is 11.0. The molecule has 0 unspecified atom stereocenters. The Kier molecular flexibility index (Phi) is 19.1. The number of anilines is 3. The van der Waals surface area contributed by atoms with Gasteiger partial charge in [0.25, 0.3) is 0 Å². The lowest BCUT2D eigenvalue weighted by Crippen LogP contribution is -2.18. The van der Waals surface area contributed by atoms with Crippen molar-refractivity contribution >= 4 is 71.8 Å².